The molecule has 1 amide bonds. The number of amides is 1. The average Bonchev–Trinajstić information content (AvgIpc) is 3.30. The van der Waals surface area contributed by atoms with Crippen molar-refractivity contribution in [1.29, 1.82) is 0 Å². The summed E-state index contributed by atoms with van der Waals surface area (Å²) in [6, 6.07) is 5.92. The minimum atomic E-state index is 0.0595. The van der Waals surface area contributed by atoms with Crippen molar-refractivity contribution in [2.24, 2.45) is 5.92 Å². The van der Waals surface area contributed by atoms with Gasteiger partial charge < -0.3 is 14.4 Å². The third-order valence-corrected chi connectivity index (χ3v) is 6.03. The zero-order valence-electron chi connectivity index (χ0n) is 19.2. The van der Waals surface area contributed by atoms with Gasteiger partial charge >= 0.3 is 0 Å². The Hall–Kier alpha value is -2.50. The van der Waals surface area contributed by atoms with Gasteiger partial charge in [0.25, 0.3) is 0 Å². The zero-order valence-corrected chi connectivity index (χ0v) is 19.2. The van der Waals surface area contributed by atoms with Crippen LogP contribution in [0.1, 0.15) is 61.7 Å². The molecule has 0 bridgehead atoms. The molecule has 0 spiro atoms. The van der Waals surface area contributed by atoms with Gasteiger partial charge in [0, 0.05) is 36.8 Å². The van der Waals surface area contributed by atoms with Crippen LogP contribution < -0.4 is 9.47 Å². The van der Waals surface area contributed by atoms with E-state index in [2.05, 4.69) is 25.5 Å². The highest BCUT2D eigenvalue weighted by Gasteiger charge is 2.32. The third-order valence-electron chi connectivity index (χ3n) is 6.03. The van der Waals surface area contributed by atoms with Crippen LogP contribution >= 0.6 is 0 Å². The maximum atomic E-state index is 13.2. The van der Waals surface area contributed by atoms with Gasteiger partial charge in [0.2, 0.25) is 5.91 Å². The van der Waals surface area contributed by atoms with Crippen LogP contribution in [0, 0.1) is 19.8 Å². The molecule has 1 aliphatic rings. The quantitative estimate of drug-likeness (QED) is 0.641. The van der Waals surface area contributed by atoms with Gasteiger partial charge in [-0.05, 0) is 56.7 Å². The lowest BCUT2D eigenvalue weighted by Crippen LogP contribution is -2.31. The van der Waals surface area contributed by atoms with Crippen molar-refractivity contribution in [3.05, 3.63) is 40.7 Å². The maximum absolute atomic E-state index is 13.2. The van der Waals surface area contributed by atoms with E-state index in [1.54, 1.807) is 14.2 Å². The number of carbonyl (C=O) groups is 1. The van der Waals surface area contributed by atoms with Crippen LogP contribution in [0.3, 0.4) is 0 Å². The first-order chi connectivity index (χ1) is 14.3. The number of aromatic nitrogens is 2. The number of hydrogen-bond donors (Lipinski definition) is 0. The molecule has 0 radical (unpaired) electrons. The van der Waals surface area contributed by atoms with E-state index in [1.165, 1.54) is 11.3 Å². The Morgan fingerprint density at radius 2 is 2.00 bits per heavy atom. The number of methoxy groups -OCH3 is 2. The zero-order chi connectivity index (χ0) is 21.8. The summed E-state index contributed by atoms with van der Waals surface area (Å²) in [5.41, 5.74) is 4.49. The molecule has 0 saturated carbocycles. The molecule has 0 N–H and O–H groups in total. The van der Waals surface area contributed by atoms with E-state index in [4.69, 9.17) is 14.6 Å². The number of rotatable bonds is 8. The van der Waals surface area contributed by atoms with E-state index in [1.807, 2.05) is 30.0 Å². The van der Waals surface area contributed by atoms with E-state index >= 15 is 0 Å². The Balaban J connectivity index is 1.72. The summed E-state index contributed by atoms with van der Waals surface area (Å²) in [7, 11) is 3.31. The molecule has 2 aromatic rings. The van der Waals surface area contributed by atoms with Gasteiger partial charge in [-0.3, -0.25) is 9.48 Å². The number of hydrogen-bond acceptors (Lipinski definition) is 4. The summed E-state index contributed by atoms with van der Waals surface area (Å²) in [6.45, 7) is 10.3. The van der Waals surface area contributed by atoms with Crippen LogP contribution in [0.4, 0.5) is 0 Å². The fourth-order valence-corrected chi connectivity index (χ4v) is 4.48. The van der Waals surface area contributed by atoms with Crippen molar-refractivity contribution in [3.8, 4) is 11.5 Å². The summed E-state index contributed by atoms with van der Waals surface area (Å²) >= 11 is 0. The molecule has 6 nitrogen and oxygen atoms in total. The molecule has 1 aliphatic heterocycles. The summed E-state index contributed by atoms with van der Waals surface area (Å²) in [5, 5.41) is 4.69. The molecule has 0 unspecified atom stereocenters. The van der Waals surface area contributed by atoms with Crippen molar-refractivity contribution < 1.29 is 14.3 Å². The molecule has 3 rings (SSSR count). The SMILES string of the molecule is COc1ccc([C@@H]2CCCN2C(=O)CCc2c(C)nn(CC(C)C)c2C)c(OC)c1. The predicted molar refractivity (Wildman–Crippen MR) is 118 cm³/mol. The number of nitrogens with zero attached hydrogens (tertiary/aromatic N) is 3. The van der Waals surface area contributed by atoms with Crippen molar-refractivity contribution in [3.63, 3.8) is 0 Å². The largest absolute Gasteiger partial charge is 0.497 e. The van der Waals surface area contributed by atoms with E-state index in [0.29, 0.717) is 12.3 Å². The lowest BCUT2D eigenvalue weighted by Gasteiger charge is -2.26. The highest BCUT2D eigenvalue weighted by atomic mass is 16.5. The molecule has 164 valence electrons. The molecule has 2 heterocycles. The molecule has 6 heteroatoms. The van der Waals surface area contributed by atoms with Crippen LogP contribution in [0.15, 0.2) is 18.2 Å². The highest BCUT2D eigenvalue weighted by molar-refractivity contribution is 5.77. The summed E-state index contributed by atoms with van der Waals surface area (Å²) in [5.74, 6) is 2.28. The lowest BCUT2D eigenvalue weighted by atomic mass is 10.0. The molecule has 1 atom stereocenters. The minimum Gasteiger partial charge on any atom is -0.497 e. The van der Waals surface area contributed by atoms with Crippen molar-refractivity contribution in [1.82, 2.24) is 14.7 Å². The minimum absolute atomic E-state index is 0.0595. The molecule has 30 heavy (non-hydrogen) atoms. The second-order valence-corrected chi connectivity index (χ2v) is 8.58. The Kier molecular flexibility index (Phi) is 7.06. The second-order valence-electron chi connectivity index (χ2n) is 8.58. The summed E-state index contributed by atoms with van der Waals surface area (Å²) < 4.78 is 13.0. The lowest BCUT2D eigenvalue weighted by molar-refractivity contribution is -0.132. The van der Waals surface area contributed by atoms with Gasteiger partial charge in [0.05, 0.1) is 26.0 Å². The Morgan fingerprint density at radius 3 is 2.67 bits per heavy atom. The van der Waals surface area contributed by atoms with E-state index in [0.717, 1.165) is 55.1 Å². The van der Waals surface area contributed by atoms with Gasteiger partial charge in [0.1, 0.15) is 11.5 Å². The van der Waals surface area contributed by atoms with Gasteiger partial charge in [0.15, 0.2) is 0 Å². The van der Waals surface area contributed by atoms with Crippen LogP contribution in [0.5, 0.6) is 11.5 Å². The molecular formula is C24H35N3O3. The Labute approximate surface area is 180 Å². The number of likely N-dealkylation sites (tertiary alicyclic amines) is 1. The molecule has 1 saturated heterocycles. The second kappa shape index (κ2) is 9.54. The molecule has 1 aromatic carbocycles. The van der Waals surface area contributed by atoms with Crippen LogP contribution in [-0.4, -0.2) is 41.4 Å². The van der Waals surface area contributed by atoms with E-state index in [-0.39, 0.29) is 11.9 Å². The van der Waals surface area contributed by atoms with Crippen molar-refractivity contribution in [2.75, 3.05) is 20.8 Å². The number of benzene rings is 1. The number of carbonyl (C=O) groups excluding carboxylic acids is 1. The van der Waals surface area contributed by atoms with Crippen molar-refractivity contribution >= 4 is 5.91 Å². The van der Waals surface area contributed by atoms with Gasteiger partial charge in [-0.15, -0.1) is 0 Å². The van der Waals surface area contributed by atoms with Gasteiger partial charge in [-0.1, -0.05) is 13.8 Å². The van der Waals surface area contributed by atoms with Crippen LogP contribution in [0.2, 0.25) is 0 Å². The highest BCUT2D eigenvalue weighted by Crippen LogP contribution is 2.39. The monoisotopic (exact) mass is 413 g/mol. The fourth-order valence-electron chi connectivity index (χ4n) is 4.48. The smallest absolute Gasteiger partial charge is 0.223 e. The topological polar surface area (TPSA) is 56.6 Å². The molecule has 0 aliphatic carbocycles. The number of aryl methyl sites for hydroxylation is 1. The summed E-state index contributed by atoms with van der Waals surface area (Å²) in [4.78, 5) is 15.2. The first-order valence-corrected chi connectivity index (χ1v) is 10.9. The summed E-state index contributed by atoms with van der Waals surface area (Å²) in [6.07, 6.45) is 3.20. The first-order valence-electron chi connectivity index (χ1n) is 10.9. The fraction of sp³-hybridized carbons (Fsp3) is 0.583. The molecular weight excluding hydrogens is 378 g/mol. The van der Waals surface area contributed by atoms with E-state index < -0.39 is 0 Å². The van der Waals surface area contributed by atoms with Crippen LogP contribution in [-0.2, 0) is 17.8 Å². The van der Waals surface area contributed by atoms with Gasteiger partial charge in [-0.2, -0.15) is 5.10 Å². The van der Waals surface area contributed by atoms with E-state index in [9.17, 15) is 4.79 Å². The first kappa shape index (κ1) is 22.2. The average molecular weight is 414 g/mol. The standard InChI is InChI=1S/C24H35N3O3/c1-16(2)15-27-18(4)20(17(3)25-27)11-12-24(28)26-13-7-8-22(26)21-10-9-19(29-5)14-23(21)30-6/h9-10,14,16,22H,7-8,11-13,15H2,1-6H3/t22-/m0/s1. The number of ether oxygens (including phenoxy) is 2. The van der Waals surface area contributed by atoms with Gasteiger partial charge in [-0.25, -0.2) is 0 Å². The Bertz CT molecular complexity index is 888. The maximum Gasteiger partial charge on any atom is 0.223 e. The van der Waals surface area contributed by atoms with Crippen molar-refractivity contribution in [2.45, 2.75) is 66.0 Å². The molecule has 1 fully saturated rings. The normalized spacial score (nSPS) is 16.4. The molecule has 1 aromatic heterocycles. The third kappa shape index (κ3) is 4.63. The van der Waals surface area contributed by atoms with Crippen LogP contribution in [0.25, 0.3) is 0 Å². The predicted octanol–water partition coefficient (Wildman–Crippen LogP) is 4.47. The Morgan fingerprint density at radius 1 is 1.23 bits per heavy atom.